The molecule has 0 aliphatic heterocycles. The number of aliphatic hydroxyl groups is 1. The van der Waals surface area contributed by atoms with Crippen LogP contribution in [0, 0.1) is 5.92 Å². The molecule has 1 aromatic rings. The Morgan fingerprint density at radius 1 is 1.47 bits per heavy atom. The van der Waals surface area contributed by atoms with E-state index in [0.717, 1.165) is 16.6 Å². The average Bonchev–Trinajstić information content (AvgIpc) is 2.32. The monoisotopic (exact) mass is 297 g/mol. The van der Waals surface area contributed by atoms with Crippen LogP contribution in [-0.2, 0) is 0 Å². The maximum absolute atomic E-state index is 9.77. The van der Waals surface area contributed by atoms with E-state index in [1.54, 1.807) is 0 Å². The lowest BCUT2D eigenvalue weighted by Crippen LogP contribution is -2.49. The van der Waals surface area contributed by atoms with Crippen molar-refractivity contribution in [1.82, 2.24) is 0 Å². The molecule has 2 atom stereocenters. The van der Waals surface area contributed by atoms with Gasteiger partial charge in [0.1, 0.15) is 0 Å². The van der Waals surface area contributed by atoms with Crippen LogP contribution in [0.4, 0.5) is 5.69 Å². The molecule has 1 aliphatic carbocycles. The van der Waals surface area contributed by atoms with E-state index in [9.17, 15) is 5.11 Å². The van der Waals surface area contributed by atoms with Gasteiger partial charge in [0.15, 0.2) is 0 Å². The van der Waals surface area contributed by atoms with Gasteiger partial charge < -0.3 is 10.4 Å². The third-order valence-electron chi connectivity index (χ3n) is 3.95. The van der Waals surface area contributed by atoms with E-state index >= 15 is 0 Å². The highest BCUT2D eigenvalue weighted by Crippen LogP contribution is 2.36. The van der Waals surface area contributed by atoms with Crippen LogP contribution in [0.1, 0.15) is 32.6 Å². The second-order valence-corrected chi connectivity index (χ2v) is 6.01. The minimum absolute atomic E-state index is 0.140. The van der Waals surface area contributed by atoms with Crippen molar-refractivity contribution in [3.63, 3.8) is 0 Å². The van der Waals surface area contributed by atoms with Gasteiger partial charge in [0.25, 0.3) is 0 Å². The number of rotatable bonds is 3. The summed E-state index contributed by atoms with van der Waals surface area (Å²) in [6, 6.07) is 8.16. The van der Waals surface area contributed by atoms with Crippen molar-refractivity contribution >= 4 is 21.6 Å². The van der Waals surface area contributed by atoms with Crippen molar-refractivity contribution in [1.29, 1.82) is 0 Å². The van der Waals surface area contributed by atoms with Crippen LogP contribution in [-0.4, -0.2) is 17.3 Å². The van der Waals surface area contributed by atoms with E-state index in [2.05, 4.69) is 40.3 Å². The van der Waals surface area contributed by atoms with Gasteiger partial charge in [-0.15, -0.1) is 0 Å². The van der Waals surface area contributed by atoms with E-state index in [1.807, 2.05) is 12.1 Å². The summed E-state index contributed by atoms with van der Waals surface area (Å²) >= 11 is 3.48. The number of hydrogen-bond donors (Lipinski definition) is 2. The van der Waals surface area contributed by atoms with Crippen LogP contribution in [0.15, 0.2) is 28.7 Å². The largest absolute Gasteiger partial charge is 0.394 e. The number of anilines is 1. The summed E-state index contributed by atoms with van der Waals surface area (Å²) in [6.07, 6.45) is 4.73. The Hall–Kier alpha value is -0.540. The van der Waals surface area contributed by atoms with Crippen LogP contribution in [0.3, 0.4) is 0 Å². The molecule has 0 heterocycles. The Morgan fingerprint density at radius 3 is 2.94 bits per heavy atom. The fraction of sp³-hybridized carbons (Fsp3) is 0.571. The zero-order valence-electron chi connectivity index (χ0n) is 10.2. The Kier molecular flexibility index (Phi) is 4.10. The summed E-state index contributed by atoms with van der Waals surface area (Å²) in [5, 5.41) is 13.3. The predicted molar refractivity (Wildman–Crippen MR) is 75.2 cm³/mol. The van der Waals surface area contributed by atoms with Gasteiger partial charge in [0.05, 0.1) is 12.1 Å². The highest BCUT2D eigenvalue weighted by molar-refractivity contribution is 9.10. The average molecular weight is 298 g/mol. The molecule has 0 aromatic heterocycles. The van der Waals surface area contributed by atoms with Crippen LogP contribution in [0.5, 0.6) is 0 Å². The first-order chi connectivity index (χ1) is 8.16. The molecule has 1 saturated carbocycles. The van der Waals surface area contributed by atoms with Gasteiger partial charge in [-0.3, -0.25) is 0 Å². The molecule has 2 nitrogen and oxygen atoms in total. The van der Waals surface area contributed by atoms with Gasteiger partial charge >= 0.3 is 0 Å². The van der Waals surface area contributed by atoms with Gasteiger partial charge in [-0.1, -0.05) is 41.8 Å². The first kappa shape index (κ1) is 12.9. The Morgan fingerprint density at radius 2 is 2.29 bits per heavy atom. The molecule has 1 aliphatic rings. The molecule has 0 spiro atoms. The number of nitrogens with one attached hydrogen (secondary N) is 1. The Bertz CT molecular complexity index is 382. The maximum atomic E-state index is 9.77. The molecular weight excluding hydrogens is 278 g/mol. The molecule has 2 unspecified atom stereocenters. The van der Waals surface area contributed by atoms with Crippen LogP contribution < -0.4 is 5.32 Å². The number of aliphatic hydroxyl groups excluding tert-OH is 1. The third kappa shape index (κ3) is 2.83. The summed E-state index contributed by atoms with van der Waals surface area (Å²) in [4.78, 5) is 0. The predicted octanol–water partition coefficient (Wildman–Crippen LogP) is 3.80. The van der Waals surface area contributed by atoms with Gasteiger partial charge in [0, 0.05) is 10.2 Å². The number of benzene rings is 1. The molecule has 0 saturated heterocycles. The van der Waals surface area contributed by atoms with Gasteiger partial charge in [0.2, 0.25) is 0 Å². The summed E-state index contributed by atoms with van der Waals surface area (Å²) in [5.41, 5.74) is 0.946. The molecule has 17 heavy (non-hydrogen) atoms. The highest BCUT2D eigenvalue weighted by Gasteiger charge is 2.37. The minimum atomic E-state index is -0.140. The third-order valence-corrected chi connectivity index (χ3v) is 4.45. The summed E-state index contributed by atoms with van der Waals surface area (Å²) in [5.74, 6) is 0.514. The summed E-state index contributed by atoms with van der Waals surface area (Å²) in [6.45, 7) is 2.45. The fourth-order valence-corrected chi connectivity index (χ4v) is 3.13. The lowest BCUT2D eigenvalue weighted by atomic mass is 9.74. The minimum Gasteiger partial charge on any atom is -0.394 e. The second-order valence-electron chi connectivity index (χ2n) is 5.10. The number of hydrogen-bond acceptors (Lipinski definition) is 2. The molecule has 1 aromatic carbocycles. The SMILES string of the molecule is CC1CCCCC1(CO)Nc1cccc(Br)c1. The van der Waals surface area contributed by atoms with Crippen LogP contribution in [0.2, 0.25) is 0 Å². The van der Waals surface area contributed by atoms with Gasteiger partial charge in [-0.2, -0.15) is 0 Å². The summed E-state index contributed by atoms with van der Waals surface area (Å²) in [7, 11) is 0. The van der Waals surface area contributed by atoms with Crippen LogP contribution in [0.25, 0.3) is 0 Å². The molecular formula is C14H20BrNO. The quantitative estimate of drug-likeness (QED) is 0.889. The standard InChI is InChI=1S/C14H20BrNO/c1-11-5-2-3-8-14(11,10-17)16-13-7-4-6-12(15)9-13/h4,6-7,9,11,16-17H,2-3,5,8,10H2,1H3. The first-order valence-corrected chi connectivity index (χ1v) is 7.10. The molecule has 94 valence electrons. The second kappa shape index (κ2) is 5.40. The first-order valence-electron chi connectivity index (χ1n) is 6.31. The van der Waals surface area contributed by atoms with E-state index < -0.39 is 0 Å². The van der Waals surface area contributed by atoms with Crippen molar-refractivity contribution in [2.75, 3.05) is 11.9 Å². The van der Waals surface area contributed by atoms with E-state index in [4.69, 9.17) is 0 Å². The molecule has 0 bridgehead atoms. The van der Waals surface area contributed by atoms with Crippen molar-refractivity contribution < 1.29 is 5.11 Å². The van der Waals surface area contributed by atoms with Gasteiger partial charge in [-0.05, 0) is 37.0 Å². The molecule has 1 fully saturated rings. The smallest absolute Gasteiger partial charge is 0.0664 e. The maximum Gasteiger partial charge on any atom is 0.0664 e. The van der Waals surface area contributed by atoms with E-state index in [1.165, 1.54) is 19.3 Å². The lowest BCUT2D eigenvalue weighted by Gasteiger charge is -2.43. The van der Waals surface area contributed by atoms with Gasteiger partial charge in [-0.25, -0.2) is 0 Å². The zero-order chi connectivity index (χ0) is 12.3. The number of halogens is 1. The normalized spacial score (nSPS) is 29.0. The molecule has 0 amide bonds. The van der Waals surface area contributed by atoms with Crippen LogP contribution >= 0.6 is 15.9 Å². The van der Waals surface area contributed by atoms with Crippen molar-refractivity contribution in [3.05, 3.63) is 28.7 Å². The highest BCUT2D eigenvalue weighted by atomic mass is 79.9. The molecule has 2 rings (SSSR count). The Balaban J connectivity index is 2.18. The Labute approximate surface area is 112 Å². The lowest BCUT2D eigenvalue weighted by molar-refractivity contribution is 0.126. The molecule has 2 N–H and O–H groups in total. The molecule has 3 heteroatoms. The van der Waals surface area contributed by atoms with E-state index in [0.29, 0.717) is 5.92 Å². The topological polar surface area (TPSA) is 32.3 Å². The zero-order valence-corrected chi connectivity index (χ0v) is 11.8. The molecule has 0 radical (unpaired) electrons. The van der Waals surface area contributed by atoms with Crippen molar-refractivity contribution in [2.24, 2.45) is 5.92 Å². The van der Waals surface area contributed by atoms with Crippen molar-refractivity contribution in [2.45, 2.75) is 38.1 Å². The fourth-order valence-electron chi connectivity index (χ4n) is 2.73. The van der Waals surface area contributed by atoms with Crippen molar-refractivity contribution in [3.8, 4) is 0 Å². The van der Waals surface area contributed by atoms with E-state index in [-0.39, 0.29) is 12.1 Å². The summed E-state index contributed by atoms with van der Waals surface area (Å²) < 4.78 is 1.07.